The molecule has 1 saturated carbocycles. The normalized spacial score (nSPS) is 20.1. The number of halogens is 1. The molecule has 1 aromatic heterocycles. The molecule has 0 N–H and O–H groups in total. The highest BCUT2D eigenvalue weighted by atomic mass is 127. The minimum Gasteiger partial charge on any atom is -0.215 e. The van der Waals surface area contributed by atoms with Gasteiger partial charge in [-0.05, 0) is 24.4 Å². The summed E-state index contributed by atoms with van der Waals surface area (Å²) in [5.74, 6) is 0.712. The molecule has 1 aromatic rings. The van der Waals surface area contributed by atoms with E-state index in [0.29, 0.717) is 5.92 Å². The second-order valence-electron chi connectivity index (χ2n) is 3.59. The maximum absolute atomic E-state index is 4.47. The van der Waals surface area contributed by atoms with Gasteiger partial charge in [-0.25, -0.2) is 4.98 Å². The molecule has 13 heavy (non-hydrogen) atoms. The van der Waals surface area contributed by atoms with Crippen molar-refractivity contribution in [3.63, 3.8) is 0 Å². The standard InChI is InChI=1S/C9H13IN2S/c10-9-11-8(13-12-9)7-5-3-1-2-4-6-7/h7H,1-6H2. The molecular formula is C9H13IN2S. The lowest BCUT2D eigenvalue weighted by Crippen LogP contribution is -1.96. The first-order valence-corrected chi connectivity index (χ1v) is 6.70. The van der Waals surface area contributed by atoms with E-state index in [1.54, 1.807) is 11.5 Å². The fourth-order valence-corrected chi connectivity index (χ4v) is 3.35. The monoisotopic (exact) mass is 308 g/mol. The molecule has 0 aromatic carbocycles. The zero-order chi connectivity index (χ0) is 9.10. The smallest absolute Gasteiger partial charge is 0.203 e. The van der Waals surface area contributed by atoms with E-state index >= 15 is 0 Å². The Labute approximate surface area is 96.5 Å². The lowest BCUT2D eigenvalue weighted by molar-refractivity contribution is 0.588. The van der Waals surface area contributed by atoms with Crippen molar-refractivity contribution in [3.05, 3.63) is 8.84 Å². The fourth-order valence-electron chi connectivity index (χ4n) is 1.91. The molecule has 2 nitrogen and oxygen atoms in total. The molecule has 1 aliphatic carbocycles. The SMILES string of the molecule is Ic1nsc(C2CCCCCC2)n1. The van der Waals surface area contributed by atoms with Gasteiger partial charge in [-0.3, -0.25) is 0 Å². The number of hydrogen-bond acceptors (Lipinski definition) is 3. The van der Waals surface area contributed by atoms with E-state index in [0.717, 1.165) is 3.83 Å². The molecule has 1 heterocycles. The minimum atomic E-state index is 0.712. The van der Waals surface area contributed by atoms with Crippen LogP contribution in [0.2, 0.25) is 0 Å². The Hall–Kier alpha value is 0.290. The van der Waals surface area contributed by atoms with Crippen LogP contribution in [0, 0.1) is 3.83 Å². The molecule has 2 rings (SSSR count). The molecular weight excluding hydrogens is 295 g/mol. The van der Waals surface area contributed by atoms with Crippen molar-refractivity contribution in [3.8, 4) is 0 Å². The first-order valence-electron chi connectivity index (χ1n) is 4.85. The average molecular weight is 308 g/mol. The number of hydrogen-bond donors (Lipinski definition) is 0. The largest absolute Gasteiger partial charge is 0.215 e. The quantitative estimate of drug-likeness (QED) is 0.585. The van der Waals surface area contributed by atoms with Crippen LogP contribution in [0.5, 0.6) is 0 Å². The van der Waals surface area contributed by atoms with Gasteiger partial charge in [0.2, 0.25) is 3.83 Å². The average Bonchev–Trinajstić information content (AvgIpc) is 2.43. The summed E-state index contributed by atoms with van der Waals surface area (Å²) in [4.78, 5) is 4.47. The molecule has 0 aliphatic heterocycles. The van der Waals surface area contributed by atoms with Crippen LogP contribution in [0.3, 0.4) is 0 Å². The maximum atomic E-state index is 4.47. The van der Waals surface area contributed by atoms with Gasteiger partial charge < -0.3 is 0 Å². The van der Waals surface area contributed by atoms with E-state index in [-0.39, 0.29) is 0 Å². The van der Waals surface area contributed by atoms with Crippen LogP contribution in [-0.4, -0.2) is 9.36 Å². The molecule has 0 saturated heterocycles. The first kappa shape index (κ1) is 9.83. The van der Waals surface area contributed by atoms with Crippen molar-refractivity contribution >= 4 is 34.1 Å². The van der Waals surface area contributed by atoms with Gasteiger partial charge in [-0.1, -0.05) is 25.7 Å². The van der Waals surface area contributed by atoms with Gasteiger partial charge in [0.05, 0.1) is 0 Å². The van der Waals surface area contributed by atoms with Crippen molar-refractivity contribution in [2.24, 2.45) is 0 Å². The third kappa shape index (κ3) is 2.62. The second kappa shape index (κ2) is 4.68. The highest BCUT2D eigenvalue weighted by molar-refractivity contribution is 14.1. The van der Waals surface area contributed by atoms with Gasteiger partial charge in [0.15, 0.2) is 0 Å². The Morgan fingerprint density at radius 1 is 1.15 bits per heavy atom. The molecule has 0 bridgehead atoms. The van der Waals surface area contributed by atoms with E-state index in [1.165, 1.54) is 43.5 Å². The van der Waals surface area contributed by atoms with E-state index in [2.05, 4.69) is 31.9 Å². The predicted octanol–water partition coefficient (Wildman–Crippen LogP) is 3.58. The van der Waals surface area contributed by atoms with Crippen LogP contribution in [0.1, 0.15) is 49.5 Å². The maximum Gasteiger partial charge on any atom is 0.203 e. The number of nitrogens with zero attached hydrogens (tertiary/aromatic N) is 2. The van der Waals surface area contributed by atoms with E-state index < -0.39 is 0 Å². The Kier molecular flexibility index (Phi) is 3.54. The van der Waals surface area contributed by atoms with Gasteiger partial charge >= 0.3 is 0 Å². The summed E-state index contributed by atoms with van der Waals surface area (Å²) in [7, 11) is 0. The van der Waals surface area contributed by atoms with Gasteiger partial charge in [-0.2, -0.15) is 4.37 Å². The van der Waals surface area contributed by atoms with Crippen molar-refractivity contribution in [1.29, 1.82) is 0 Å². The van der Waals surface area contributed by atoms with Crippen LogP contribution >= 0.6 is 34.1 Å². The minimum absolute atomic E-state index is 0.712. The Morgan fingerprint density at radius 3 is 2.38 bits per heavy atom. The highest BCUT2D eigenvalue weighted by Crippen LogP contribution is 2.32. The molecule has 0 atom stereocenters. The molecule has 4 heteroatoms. The summed E-state index contributed by atoms with van der Waals surface area (Å²) in [6.45, 7) is 0. The summed E-state index contributed by atoms with van der Waals surface area (Å²) in [5.41, 5.74) is 0. The lowest BCUT2D eigenvalue weighted by Gasteiger charge is -2.08. The van der Waals surface area contributed by atoms with Crippen molar-refractivity contribution in [2.45, 2.75) is 44.4 Å². The zero-order valence-electron chi connectivity index (χ0n) is 7.50. The van der Waals surface area contributed by atoms with Crippen LogP contribution in [0.25, 0.3) is 0 Å². The van der Waals surface area contributed by atoms with Gasteiger partial charge in [0.1, 0.15) is 5.01 Å². The van der Waals surface area contributed by atoms with Crippen LogP contribution in [-0.2, 0) is 0 Å². The summed E-state index contributed by atoms with van der Waals surface area (Å²) < 4.78 is 5.16. The van der Waals surface area contributed by atoms with E-state index in [1.807, 2.05) is 0 Å². The summed E-state index contributed by atoms with van der Waals surface area (Å²) in [6, 6.07) is 0. The van der Waals surface area contributed by atoms with E-state index in [4.69, 9.17) is 0 Å². The third-order valence-corrected chi connectivity index (χ3v) is 4.31. The van der Waals surface area contributed by atoms with Crippen molar-refractivity contribution in [2.75, 3.05) is 0 Å². The van der Waals surface area contributed by atoms with Gasteiger partial charge in [-0.15, -0.1) is 0 Å². The fraction of sp³-hybridized carbons (Fsp3) is 0.778. The van der Waals surface area contributed by atoms with Gasteiger partial charge in [0, 0.05) is 28.5 Å². The Balaban J connectivity index is 2.06. The molecule has 1 aliphatic rings. The molecule has 0 amide bonds. The number of rotatable bonds is 1. The van der Waals surface area contributed by atoms with Crippen LogP contribution in [0.15, 0.2) is 0 Å². The summed E-state index contributed by atoms with van der Waals surface area (Å²) in [6.07, 6.45) is 8.22. The lowest BCUT2D eigenvalue weighted by atomic mass is 10.0. The summed E-state index contributed by atoms with van der Waals surface area (Å²) in [5, 5.41) is 1.27. The molecule has 0 spiro atoms. The molecule has 0 radical (unpaired) electrons. The predicted molar refractivity (Wildman–Crippen MR) is 63.1 cm³/mol. The Bertz CT molecular complexity index is 266. The summed E-state index contributed by atoms with van der Waals surface area (Å²) >= 11 is 3.79. The highest BCUT2D eigenvalue weighted by Gasteiger charge is 2.17. The van der Waals surface area contributed by atoms with Crippen LogP contribution in [0.4, 0.5) is 0 Å². The molecule has 1 fully saturated rings. The van der Waals surface area contributed by atoms with Crippen LogP contribution < -0.4 is 0 Å². The topological polar surface area (TPSA) is 25.8 Å². The van der Waals surface area contributed by atoms with E-state index in [9.17, 15) is 0 Å². The number of aromatic nitrogens is 2. The Morgan fingerprint density at radius 2 is 1.85 bits per heavy atom. The van der Waals surface area contributed by atoms with Crippen molar-refractivity contribution < 1.29 is 0 Å². The second-order valence-corrected chi connectivity index (χ2v) is 5.34. The van der Waals surface area contributed by atoms with Crippen molar-refractivity contribution in [1.82, 2.24) is 9.36 Å². The third-order valence-electron chi connectivity index (χ3n) is 2.62. The first-order chi connectivity index (χ1) is 6.36. The molecule has 72 valence electrons. The zero-order valence-corrected chi connectivity index (χ0v) is 10.5. The van der Waals surface area contributed by atoms with Gasteiger partial charge in [0.25, 0.3) is 0 Å². The molecule has 0 unspecified atom stereocenters.